The lowest BCUT2D eigenvalue weighted by atomic mass is 9.81. The Morgan fingerprint density at radius 3 is 2.58 bits per heavy atom. The molecule has 2 heteroatoms. The van der Waals surface area contributed by atoms with Crippen molar-refractivity contribution in [3.63, 3.8) is 0 Å². The lowest BCUT2D eigenvalue weighted by Gasteiger charge is -2.23. The zero-order valence-electron chi connectivity index (χ0n) is 7.42. The summed E-state index contributed by atoms with van der Waals surface area (Å²) >= 11 is 0. The second-order valence-corrected chi connectivity index (χ2v) is 3.51. The highest BCUT2D eigenvalue weighted by molar-refractivity contribution is 5.81. The topological polar surface area (TPSA) is 34.1 Å². The molecule has 0 spiro atoms. The number of carbonyl (C=O) groups excluding carboxylic acids is 2. The fourth-order valence-corrected chi connectivity index (χ4v) is 1.46. The van der Waals surface area contributed by atoms with Crippen LogP contribution in [0, 0.1) is 5.92 Å². The zero-order chi connectivity index (χ0) is 8.81. The third kappa shape index (κ3) is 2.76. The summed E-state index contributed by atoms with van der Waals surface area (Å²) in [5, 5.41) is 0. The monoisotopic (exact) mass is 168 g/mol. The van der Waals surface area contributed by atoms with Gasteiger partial charge in [-0.3, -0.25) is 4.79 Å². The van der Waals surface area contributed by atoms with Crippen molar-refractivity contribution >= 4 is 12.1 Å². The third-order valence-corrected chi connectivity index (χ3v) is 2.56. The van der Waals surface area contributed by atoms with Crippen LogP contribution < -0.4 is 0 Å². The summed E-state index contributed by atoms with van der Waals surface area (Å²) < 4.78 is 0. The van der Waals surface area contributed by atoms with Crippen LogP contribution in [0.1, 0.15) is 44.9 Å². The average Bonchev–Trinajstić information content (AvgIpc) is 1.95. The molecule has 0 saturated heterocycles. The van der Waals surface area contributed by atoms with Gasteiger partial charge in [-0.15, -0.1) is 0 Å². The molecule has 0 bridgehead atoms. The lowest BCUT2D eigenvalue weighted by molar-refractivity contribution is -0.125. The fourth-order valence-electron chi connectivity index (χ4n) is 1.46. The minimum atomic E-state index is 0.376. The molecule has 2 nitrogen and oxygen atoms in total. The van der Waals surface area contributed by atoms with Gasteiger partial charge >= 0.3 is 0 Å². The van der Waals surface area contributed by atoms with E-state index in [2.05, 4.69) is 0 Å². The number of hydrogen-bond donors (Lipinski definition) is 0. The van der Waals surface area contributed by atoms with Crippen molar-refractivity contribution in [2.45, 2.75) is 44.9 Å². The Hall–Kier alpha value is -0.660. The first-order chi connectivity index (χ1) is 5.84. The summed E-state index contributed by atoms with van der Waals surface area (Å²) in [6.45, 7) is 0. The molecule has 12 heavy (non-hydrogen) atoms. The zero-order valence-corrected chi connectivity index (χ0v) is 7.42. The van der Waals surface area contributed by atoms with Crippen LogP contribution >= 0.6 is 0 Å². The summed E-state index contributed by atoms with van der Waals surface area (Å²) in [7, 11) is 0. The van der Waals surface area contributed by atoms with Gasteiger partial charge in [-0.25, -0.2) is 0 Å². The van der Waals surface area contributed by atoms with Gasteiger partial charge in [-0.2, -0.15) is 0 Å². The SMILES string of the molecule is O=CCCCCC(=O)C1CCC1. The van der Waals surface area contributed by atoms with Crippen molar-refractivity contribution in [1.82, 2.24) is 0 Å². The van der Waals surface area contributed by atoms with E-state index in [4.69, 9.17) is 0 Å². The van der Waals surface area contributed by atoms with Crippen molar-refractivity contribution < 1.29 is 9.59 Å². The lowest BCUT2D eigenvalue weighted by Crippen LogP contribution is -2.21. The van der Waals surface area contributed by atoms with E-state index < -0.39 is 0 Å². The standard InChI is InChI=1S/C10H16O2/c11-8-3-1-2-7-10(12)9-5-4-6-9/h8-9H,1-7H2. The Morgan fingerprint density at radius 2 is 2.08 bits per heavy atom. The largest absolute Gasteiger partial charge is 0.303 e. The number of Topliss-reactive ketones (excluding diaryl/α,β-unsaturated/α-hetero) is 1. The van der Waals surface area contributed by atoms with Crippen LogP contribution in [0.4, 0.5) is 0 Å². The van der Waals surface area contributed by atoms with Crippen LogP contribution in [0.25, 0.3) is 0 Å². The van der Waals surface area contributed by atoms with Crippen molar-refractivity contribution in [2.75, 3.05) is 0 Å². The van der Waals surface area contributed by atoms with E-state index in [1.165, 1.54) is 6.42 Å². The second kappa shape index (κ2) is 5.07. The minimum absolute atomic E-state index is 0.376. The van der Waals surface area contributed by atoms with Crippen molar-refractivity contribution in [3.05, 3.63) is 0 Å². The second-order valence-electron chi connectivity index (χ2n) is 3.51. The van der Waals surface area contributed by atoms with Gasteiger partial charge in [0.15, 0.2) is 0 Å². The summed E-state index contributed by atoms with van der Waals surface area (Å²) in [5.41, 5.74) is 0. The molecule has 0 aromatic rings. The molecule has 0 heterocycles. The first kappa shape index (κ1) is 9.43. The molecular weight excluding hydrogens is 152 g/mol. The molecule has 1 fully saturated rings. The third-order valence-electron chi connectivity index (χ3n) is 2.56. The van der Waals surface area contributed by atoms with Gasteiger partial charge in [0.05, 0.1) is 0 Å². The van der Waals surface area contributed by atoms with E-state index in [9.17, 15) is 9.59 Å². The fraction of sp³-hybridized carbons (Fsp3) is 0.800. The van der Waals surface area contributed by atoms with E-state index in [0.29, 0.717) is 24.5 Å². The van der Waals surface area contributed by atoms with Gasteiger partial charge in [0.2, 0.25) is 0 Å². The maximum atomic E-state index is 11.3. The normalized spacial score (nSPS) is 17.0. The number of aldehydes is 1. The Kier molecular flexibility index (Phi) is 3.98. The van der Waals surface area contributed by atoms with Gasteiger partial charge in [-0.1, -0.05) is 6.42 Å². The molecule has 1 aliphatic carbocycles. The number of carbonyl (C=O) groups is 2. The molecule has 1 saturated carbocycles. The first-order valence-electron chi connectivity index (χ1n) is 4.81. The van der Waals surface area contributed by atoms with E-state index in [1.54, 1.807) is 0 Å². The number of hydrogen-bond acceptors (Lipinski definition) is 2. The molecular formula is C10H16O2. The molecule has 68 valence electrons. The Balaban J connectivity index is 1.98. The highest BCUT2D eigenvalue weighted by Crippen LogP contribution is 2.28. The van der Waals surface area contributed by atoms with Crippen molar-refractivity contribution in [2.24, 2.45) is 5.92 Å². The number of unbranched alkanes of at least 4 members (excludes halogenated alkanes) is 2. The van der Waals surface area contributed by atoms with Gasteiger partial charge in [0.1, 0.15) is 12.1 Å². The first-order valence-corrected chi connectivity index (χ1v) is 4.81. The van der Waals surface area contributed by atoms with Crippen LogP contribution in [0.5, 0.6) is 0 Å². The Labute approximate surface area is 73.3 Å². The summed E-state index contributed by atoms with van der Waals surface area (Å²) in [5.74, 6) is 0.799. The molecule has 0 radical (unpaired) electrons. The van der Waals surface area contributed by atoms with Crippen LogP contribution in [-0.2, 0) is 9.59 Å². The molecule has 0 N–H and O–H groups in total. The molecule has 0 amide bonds. The molecule has 1 rings (SSSR count). The summed E-state index contributed by atoms with van der Waals surface area (Å²) in [4.78, 5) is 21.3. The van der Waals surface area contributed by atoms with Crippen molar-refractivity contribution in [3.8, 4) is 0 Å². The van der Waals surface area contributed by atoms with Crippen LogP contribution in [0.2, 0.25) is 0 Å². The van der Waals surface area contributed by atoms with Crippen LogP contribution in [0.15, 0.2) is 0 Å². The highest BCUT2D eigenvalue weighted by Gasteiger charge is 2.23. The van der Waals surface area contributed by atoms with E-state index in [-0.39, 0.29) is 0 Å². The quantitative estimate of drug-likeness (QED) is 0.449. The molecule has 1 aliphatic rings. The maximum Gasteiger partial charge on any atom is 0.135 e. The number of ketones is 1. The minimum Gasteiger partial charge on any atom is -0.303 e. The summed E-state index contributed by atoms with van der Waals surface area (Å²) in [6, 6.07) is 0. The van der Waals surface area contributed by atoms with Gasteiger partial charge in [0.25, 0.3) is 0 Å². The van der Waals surface area contributed by atoms with E-state index in [0.717, 1.165) is 32.0 Å². The predicted molar refractivity (Wildman–Crippen MR) is 46.9 cm³/mol. The smallest absolute Gasteiger partial charge is 0.135 e. The highest BCUT2D eigenvalue weighted by atomic mass is 16.1. The number of rotatable bonds is 6. The Morgan fingerprint density at radius 1 is 1.33 bits per heavy atom. The molecule has 0 aliphatic heterocycles. The molecule has 0 atom stereocenters. The average molecular weight is 168 g/mol. The van der Waals surface area contributed by atoms with Gasteiger partial charge in [0, 0.05) is 18.8 Å². The van der Waals surface area contributed by atoms with Gasteiger partial charge < -0.3 is 4.79 Å². The maximum absolute atomic E-state index is 11.3. The summed E-state index contributed by atoms with van der Waals surface area (Å²) in [6.07, 6.45) is 7.43. The van der Waals surface area contributed by atoms with E-state index >= 15 is 0 Å². The van der Waals surface area contributed by atoms with Crippen LogP contribution in [-0.4, -0.2) is 12.1 Å². The van der Waals surface area contributed by atoms with Crippen molar-refractivity contribution in [1.29, 1.82) is 0 Å². The van der Waals surface area contributed by atoms with E-state index in [1.807, 2.05) is 0 Å². The predicted octanol–water partition coefficient (Wildman–Crippen LogP) is 2.11. The molecule has 0 unspecified atom stereocenters. The Bertz CT molecular complexity index is 159. The van der Waals surface area contributed by atoms with Gasteiger partial charge in [-0.05, 0) is 25.7 Å². The van der Waals surface area contributed by atoms with Crippen LogP contribution in [0.3, 0.4) is 0 Å². The molecule has 0 aromatic carbocycles. The molecule has 0 aromatic heterocycles.